The fraction of sp³-hybridized carbons (Fsp3) is 0.588. The lowest BCUT2D eigenvalue weighted by molar-refractivity contribution is -0.138. The molecule has 3 atom stereocenters. The van der Waals surface area contributed by atoms with Gasteiger partial charge in [0.15, 0.2) is 34.5 Å². The van der Waals surface area contributed by atoms with E-state index < -0.39 is 17.9 Å². The van der Waals surface area contributed by atoms with Crippen LogP contribution in [0.1, 0.15) is 162 Å². The van der Waals surface area contributed by atoms with Gasteiger partial charge in [-0.05, 0) is 166 Å². The molecule has 72 heavy (non-hydrogen) atoms. The first-order chi connectivity index (χ1) is 31.7. The fourth-order valence-corrected chi connectivity index (χ4v) is 8.90. The molecule has 15 N–H and O–H groups in total. The molecule has 0 amide bonds. The molecule has 0 aliphatic carbocycles. The number of phenols is 3. The second kappa shape index (κ2) is 40.0. The van der Waals surface area contributed by atoms with E-state index in [2.05, 4.69) is 16.0 Å². The predicted octanol–water partition coefficient (Wildman–Crippen LogP) is 7.93. The molecule has 0 spiro atoms. The van der Waals surface area contributed by atoms with E-state index in [1.165, 1.54) is 33.4 Å². The van der Waals surface area contributed by atoms with Crippen molar-refractivity contribution >= 4 is 55.1 Å². The number of hydrogen-bond donors (Lipinski definition) is 9. The highest BCUT2D eigenvalue weighted by Gasteiger charge is 2.27. The number of halogens is 3. The summed E-state index contributed by atoms with van der Waals surface area (Å²) in [4.78, 5) is 28.8. The van der Waals surface area contributed by atoms with Crippen LogP contribution >= 0.6 is 37.2 Å². The molecule has 3 aromatic carbocycles. The van der Waals surface area contributed by atoms with Crippen molar-refractivity contribution in [2.45, 2.75) is 148 Å². The number of ether oxygens (including phenoxy) is 3. The van der Waals surface area contributed by atoms with Gasteiger partial charge in [-0.15, -0.1) is 37.2 Å². The largest absolute Gasteiger partial charge is 0.504 e. The van der Waals surface area contributed by atoms with E-state index in [1.54, 1.807) is 21.3 Å². The van der Waals surface area contributed by atoms with E-state index in [-0.39, 0.29) is 89.0 Å². The lowest BCUT2D eigenvalue weighted by Crippen LogP contribution is -2.31. The molecule has 3 aliphatic rings. The van der Waals surface area contributed by atoms with Crippen molar-refractivity contribution < 1.29 is 75.7 Å². The number of carbonyl (C=O) groups is 3. The van der Waals surface area contributed by atoms with Crippen molar-refractivity contribution in [2.24, 2.45) is 5.92 Å². The molecule has 0 fully saturated rings. The molecule has 3 unspecified atom stereocenters. The number of aliphatic carboxylic acids is 3. The number of benzene rings is 3. The van der Waals surface area contributed by atoms with E-state index in [9.17, 15) is 29.7 Å². The third kappa shape index (κ3) is 24.5. The molecule has 3 aliphatic heterocycles. The highest BCUT2D eigenvalue weighted by molar-refractivity contribution is 5.86. The second-order valence-corrected chi connectivity index (χ2v) is 17.2. The quantitative estimate of drug-likeness (QED) is 0.0485. The number of hydrogen-bond acceptors (Lipinski definition) is 12. The average molecular weight is 1090 g/mol. The minimum Gasteiger partial charge on any atom is -0.504 e. The molecular weight excluding hydrogens is 1000 g/mol. The minimum absolute atomic E-state index is 0. The van der Waals surface area contributed by atoms with Crippen LogP contribution in [0.15, 0.2) is 36.4 Å². The monoisotopic (exact) mass is 1090 g/mol. The SMILES string of the molecule is CCCC(=O)O.CCCC(=O)O.CCCC(=O)O.COc1cc2c(cc1O)C(CCCCC(CCC1NCCc3cc(OC)c(O)cc31)CCC1NCCc3cc(OC)c(O)cc31)NCC2.Cl.Cl.Cl.O.O.O. The van der Waals surface area contributed by atoms with Gasteiger partial charge < -0.3 is 77.2 Å². The second-order valence-electron chi connectivity index (χ2n) is 17.2. The standard InChI is InChI=1S/C39H53N3O6.3C4H8O2.3ClH.3H2O/c1-46-37-18-25-12-15-40-31(28(25)21-34(37)43)7-5-4-6-24(8-10-32-29-22-35(44)38(47-2)19-26(29)13-16-41-32)9-11-33-30-23-36(45)39(48-3)20-27(30)14-17-42-33;3*1-2-3-4(5)6;;;;;;/h18-24,31-33,40-45H,4-17H2,1-3H3;3*2-3H2,1H3,(H,5,6);3*1H;3*1H2. The molecular formula is C51H86Cl3N3O15. The van der Waals surface area contributed by atoms with Gasteiger partial charge in [0.2, 0.25) is 0 Å². The average Bonchev–Trinajstić information content (AvgIpc) is 3.28. The summed E-state index contributed by atoms with van der Waals surface area (Å²) < 4.78 is 16.1. The first kappa shape index (κ1) is 74.0. The van der Waals surface area contributed by atoms with Gasteiger partial charge in [0.05, 0.1) is 21.3 Å². The van der Waals surface area contributed by atoms with Crippen LogP contribution in [0.2, 0.25) is 0 Å². The van der Waals surface area contributed by atoms with Crippen LogP contribution in [0.5, 0.6) is 34.5 Å². The van der Waals surface area contributed by atoms with Crippen LogP contribution < -0.4 is 30.2 Å². The van der Waals surface area contributed by atoms with Crippen LogP contribution in [-0.4, -0.2) is 106 Å². The normalized spacial score (nSPS) is 15.8. The molecule has 0 aromatic heterocycles. The molecule has 21 heteroatoms. The van der Waals surface area contributed by atoms with Gasteiger partial charge in [-0.25, -0.2) is 0 Å². The summed E-state index contributed by atoms with van der Waals surface area (Å²) in [5.41, 5.74) is 7.35. The maximum Gasteiger partial charge on any atom is 0.303 e. The van der Waals surface area contributed by atoms with Crippen molar-refractivity contribution in [3.63, 3.8) is 0 Å². The Labute approximate surface area is 444 Å². The Morgan fingerprint density at radius 1 is 0.500 bits per heavy atom. The van der Waals surface area contributed by atoms with E-state index in [0.717, 1.165) is 110 Å². The fourth-order valence-electron chi connectivity index (χ4n) is 8.90. The Morgan fingerprint density at radius 3 is 1.04 bits per heavy atom. The highest BCUT2D eigenvalue weighted by atomic mass is 35.5. The molecule has 0 saturated heterocycles. The molecule has 0 saturated carbocycles. The molecule has 6 rings (SSSR count). The number of rotatable bonds is 20. The van der Waals surface area contributed by atoms with Crippen molar-refractivity contribution in [1.29, 1.82) is 0 Å². The zero-order chi connectivity index (χ0) is 48.6. The maximum absolute atomic E-state index is 10.6. The summed E-state index contributed by atoms with van der Waals surface area (Å²) in [6, 6.07) is 12.3. The van der Waals surface area contributed by atoms with Gasteiger partial charge >= 0.3 is 17.9 Å². The molecule has 0 radical (unpaired) electrons. The number of carboxylic acid groups (broad SMARTS) is 3. The summed E-state index contributed by atoms with van der Waals surface area (Å²) in [7, 11) is 4.81. The zero-order valence-electron chi connectivity index (χ0n) is 42.8. The van der Waals surface area contributed by atoms with Gasteiger partial charge in [0.1, 0.15) is 0 Å². The van der Waals surface area contributed by atoms with Gasteiger partial charge in [0, 0.05) is 37.4 Å². The van der Waals surface area contributed by atoms with E-state index in [4.69, 9.17) is 29.5 Å². The minimum atomic E-state index is -0.711. The zero-order valence-corrected chi connectivity index (χ0v) is 45.2. The maximum atomic E-state index is 10.6. The van der Waals surface area contributed by atoms with E-state index >= 15 is 0 Å². The molecule has 416 valence electrons. The van der Waals surface area contributed by atoms with Gasteiger partial charge in [0.25, 0.3) is 0 Å². The van der Waals surface area contributed by atoms with Crippen LogP contribution in [0.4, 0.5) is 0 Å². The summed E-state index contributed by atoms with van der Waals surface area (Å²) in [5.74, 6) is 0.656. The number of fused-ring (bicyclic) bond motifs is 3. The Bertz CT molecular complexity index is 1890. The molecule has 3 aromatic rings. The number of carboxylic acids is 3. The molecule has 0 bridgehead atoms. The van der Waals surface area contributed by atoms with E-state index in [0.29, 0.717) is 42.4 Å². The van der Waals surface area contributed by atoms with Gasteiger partial charge in [-0.1, -0.05) is 40.0 Å². The summed E-state index contributed by atoms with van der Waals surface area (Å²) in [5, 5.41) is 66.5. The lowest BCUT2D eigenvalue weighted by Gasteiger charge is -2.31. The number of aromatic hydroxyl groups is 3. The Morgan fingerprint density at radius 2 is 0.792 bits per heavy atom. The third-order valence-electron chi connectivity index (χ3n) is 12.3. The van der Waals surface area contributed by atoms with Crippen LogP contribution in [-0.2, 0) is 33.6 Å². The number of phenolic OH excluding ortho intramolecular Hbond substituents is 3. The molecule has 18 nitrogen and oxygen atoms in total. The Balaban J connectivity index is -0.000000828. The Kier molecular flexibility index (Phi) is 41.1. The first-order valence-electron chi connectivity index (χ1n) is 23.7. The van der Waals surface area contributed by atoms with Gasteiger partial charge in [-0.2, -0.15) is 0 Å². The third-order valence-corrected chi connectivity index (χ3v) is 12.3. The van der Waals surface area contributed by atoms with Crippen LogP contribution in [0, 0.1) is 5.92 Å². The molecule has 3 heterocycles. The first-order valence-corrected chi connectivity index (χ1v) is 23.7. The van der Waals surface area contributed by atoms with Crippen molar-refractivity contribution in [1.82, 2.24) is 16.0 Å². The number of methoxy groups -OCH3 is 3. The van der Waals surface area contributed by atoms with Crippen LogP contribution in [0.25, 0.3) is 0 Å². The van der Waals surface area contributed by atoms with Crippen molar-refractivity contribution in [3.05, 3.63) is 69.8 Å². The summed E-state index contributed by atoms with van der Waals surface area (Å²) >= 11 is 0. The summed E-state index contributed by atoms with van der Waals surface area (Å²) in [6.07, 6.45) is 14.5. The van der Waals surface area contributed by atoms with Crippen LogP contribution in [0.3, 0.4) is 0 Å². The summed E-state index contributed by atoms with van der Waals surface area (Å²) in [6.45, 7) is 8.30. The lowest BCUT2D eigenvalue weighted by atomic mass is 9.83. The predicted molar refractivity (Wildman–Crippen MR) is 288 cm³/mol. The van der Waals surface area contributed by atoms with Crippen molar-refractivity contribution in [3.8, 4) is 34.5 Å². The smallest absolute Gasteiger partial charge is 0.303 e. The van der Waals surface area contributed by atoms with E-state index in [1.807, 2.05) is 57.2 Å². The number of nitrogens with one attached hydrogen (secondary N) is 3. The topological polar surface area (TPSA) is 331 Å². The van der Waals surface area contributed by atoms with Crippen molar-refractivity contribution in [2.75, 3.05) is 41.0 Å². The van der Waals surface area contributed by atoms with Gasteiger partial charge in [-0.3, -0.25) is 14.4 Å². The number of unbranched alkanes of at least 4 members (excludes halogenated alkanes) is 1. The Hall–Kier alpha value is -4.50. The highest BCUT2D eigenvalue weighted by Crippen LogP contribution is 2.40.